The molecule has 2 aromatic carbocycles. The number of alkyl halides is 1. The Morgan fingerprint density at radius 3 is 2.71 bits per heavy atom. The third kappa shape index (κ3) is 3.30. The number of hydrogen-bond acceptors (Lipinski definition) is 2. The van der Waals surface area contributed by atoms with Crippen molar-refractivity contribution in [2.75, 3.05) is 12.5 Å². The topological polar surface area (TPSA) is 29.5 Å². The van der Waals surface area contributed by atoms with Gasteiger partial charge in [-0.3, -0.25) is 0 Å². The molecule has 2 nitrogen and oxygen atoms in total. The second kappa shape index (κ2) is 7.38. The molecule has 24 heavy (non-hydrogen) atoms. The number of fused-ring (bicyclic) bond motifs is 1. The highest BCUT2D eigenvalue weighted by molar-refractivity contribution is 6.37. The molecule has 0 aromatic heterocycles. The zero-order valence-corrected chi connectivity index (χ0v) is 15.1. The molecular formula is C18H16Cl3FO2. The summed E-state index contributed by atoms with van der Waals surface area (Å²) >= 11 is 18.5. The first kappa shape index (κ1) is 17.7. The van der Waals surface area contributed by atoms with Gasteiger partial charge in [-0.2, -0.15) is 0 Å². The van der Waals surface area contributed by atoms with E-state index in [-0.39, 0.29) is 11.7 Å². The first-order valence-corrected chi connectivity index (χ1v) is 9.00. The number of phenolic OH excluding ortho intramolecular Hbond substituents is 1. The van der Waals surface area contributed by atoms with Crippen LogP contribution in [0, 0.1) is 5.82 Å². The van der Waals surface area contributed by atoms with Crippen molar-refractivity contribution >= 4 is 34.8 Å². The van der Waals surface area contributed by atoms with Gasteiger partial charge in [0.1, 0.15) is 18.2 Å². The van der Waals surface area contributed by atoms with Crippen molar-refractivity contribution in [3.8, 4) is 11.5 Å². The summed E-state index contributed by atoms with van der Waals surface area (Å²) < 4.78 is 19.9. The fourth-order valence-electron chi connectivity index (χ4n) is 3.26. The fourth-order valence-corrected chi connectivity index (χ4v) is 4.01. The average molecular weight is 390 g/mol. The van der Waals surface area contributed by atoms with Gasteiger partial charge in [-0.05, 0) is 48.1 Å². The first-order valence-electron chi connectivity index (χ1n) is 7.71. The lowest BCUT2D eigenvalue weighted by Crippen LogP contribution is -2.14. The highest BCUT2D eigenvalue weighted by Gasteiger charge is 2.28. The van der Waals surface area contributed by atoms with Crippen molar-refractivity contribution in [3.63, 3.8) is 0 Å². The predicted molar refractivity (Wildman–Crippen MR) is 95.5 cm³/mol. The van der Waals surface area contributed by atoms with Gasteiger partial charge in [-0.15, -0.1) is 11.6 Å². The van der Waals surface area contributed by atoms with Gasteiger partial charge in [-0.1, -0.05) is 29.3 Å². The number of halogens is 4. The van der Waals surface area contributed by atoms with Gasteiger partial charge in [0.05, 0.1) is 15.9 Å². The van der Waals surface area contributed by atoms with Crippen LogP contribution in [0.25, 0.3) is 0 Å². The van der Waals surface area contributed by atoms with Gasteiger partial charge in [0.25, 0.3) is 0 Å². The lowest BCUT2D eigenvalue weighted by molar-refractivity contribution is 0.342. The molecule has 6 heteroatoms. The lowest BCUT2D eigenvalue weighted by Gasteiger charge is -2.28. The van der Waals surface area contributed by atoms with Crippen molar-refractivity contribution < 1.29 is 14.2 Å². The fraction of sp³-hybridized carbons (Fsp3) is 0.333. The molecule has 2 aromatic rings. The largest absolute Gasteiger partial charge is 0.508 e. The van der Waals surface area contributed by atoms with Gasteiger partial charge < -0.3 is 9.84 Å². The minimum Gasteiger partial charge on any atom is -0.508 e. The molecule has 1 aliphatic carbocycles. The smallest absolute Gasteiger partial charge is 0.156 e. The van der Waals surface area contributed by atoms with E-state index < -0.39 is 5.82 Å². The molecule has 0 bridgehead atoms. The van der Waals surface area contributed by atoms with Crippen LogP contribution in [-0.2, 0) is 6.42 Å². The molecule has 0 aliphatic heterocycles. The second-order valence-electron chi connectivity index (χ2n) is 5.76. The maximum atomic E-state index is 14.3. The molecule has 0 fully saturated rings. The molecule has 0 radical (unpaired) electrons. The third-order valence-electron chi connectivity index (χ3n) is 4.29. The van der Waals surface area contributed by atoms with Gasteiger partial charge in [0.2, 0.25) is 0 Å². The van der Waals surface area contributed by atoms with E-state index in [1.807, 2.05) is 6.07 Å². The van der Waals surface area contributed by atoms with E-state index >= 15 is 0 Å². The molecule has 3 rings (SSSR count). The Balaban J connectivity index is 2.07. The lowest BCUT2D eigenvalue weighted by atomic mass is 9.78. The quantitative estimate of drug-likeness (QED) is 0.657. The Hall–Kier alpha value is -1.16. The van der Waals surface area contributed by atoms with Crippen molar-refractivity contribution in [1.82, 2.24) is 0 Å². The summed E-state index contributed by atoms with van der Waals surface area (Å²) in [5.74, 6) is 0.108. The second-order valence-corrected chi connectivity index (χ2v) is 6.92. The molecule has 0 spiro atoms. The maximum Gasteiger partial charge on any atom is 0.156 e. The van der Waals surface area contributed by atoms with Crippen LogP contribution in [-0.4, -0.2) is 17.6 Å². The summed E-state index contributed by atoms with van der Waals surface area (Å²) in [4.78, 5) is 0. The summed E-state index contributed by atoms with van der Waals surface area (Å²) in [6.45, 7) is 0.315. The SMILES string of the molecule is Oc1ccc(C2CCCc3c2cc(Cl)c(OCCCl)c3Cl)c(F)c1. The zero-order chi connectivity index (χ0) is 17.3. The van der Waals surface area contributed by atoms with Crippen LogP contribution in [0.5, 0.6) is 11.5 Å². The Morgan fingerprint density at radius 1 is 1.21 bits per heavy atom. The van der Waals surface area contributed by atoms with E-state index in [0.717, 1.165) is 36.5 Å². The minimum absolute atomic E-state index is 0.0897. The van der Waals surface area contributed by atoms with E-state index in [0.29, 0.717) is 33.8 Å². The highest BCUT2D eigenvalue weighted by Crippen LogP contribution is 2.46. The van der Waals surface area contributed by atoms with E-state index in [1.165, 1.54) is 6.07 Å². The van der Waals surface area contributed by atoms with Gasteiger partial charge in [0, 0.05) is 12.0 Å². The summed E-state index contributed by atoms with van der Waals surface area (Å²) in [5, 5.41) is 10.3. The van der Waals surface area contributed by atoms with E-state index in [2.05, 4.69) is 0 Å². The minimum atomic E-state index is -0.428. The normalized spacial score (nSPS) is 16.8. The average Bonchev–Trinajstić information content (AvgIpc) is 2.55. The van der Waals surface area contributed by atoms with Crippen LogP contribution in [0.15, 0.2) is 24.3 Å². The molecule has 0 amide bonds. The molecule has 1 unspecified atom stereocenters. The molecular weight excluding hydrogens is 374 g/mol. The number of ether oxygens (including phenoxy) is 1. The zero-order valence-electron chi connectivity index (χ0n) is 12.8. The number of rotatable bonds is 4. The van der Waals surface area contributed by atoms with Crippen LogP contribution >= 0.6 is 34.8 Å². The van der Waals surface area contributed by atoms with Crippen molar-refractivity contribution in [2.24, 2.45) is 0 Å². The summed E-state index contributed by atoms with van der Waals surface area (Å²) in [7, 11) is 0. The molecule has 0 heterocycles. The predicted octanol–water partition coefficient (Wildman–Crippen LogP) is 5.92. The van der Waals surface area contributed by atoms with Crippen molar-refractivity contribution in [2.45, 2.75) is 25.2 Å². The number of aromatic hydroxyl groups is 1. The summed E-state index contributed by atoms with van der Waals surface area (Å²) in [5.41, 5.74) is 2.39. The molecule has 1 N–H and O–H groups in total. The Labute approximate surface area is 155 Å². The van der Waals surface area contributed by atoms with Crippen LogP contribution < -0.4 is 4.74 Å². The molecule has 128 valence electrons. The molecule has 0 saturated heterocycles. The van der Waals surface area contributed by atoms with Gasteiger partial charge >= 0.3 is 0 Å². The van der Waals surface area contributed by atoms with Gasteiger partial charge in [0.15, 0.2) is 5.75 Å². The number of hydrogen-bond donors (Lipinski definition) is 1. The van der Waals surface area contributed by atoms with Crippen LogP contribution in [0.3, 0.4) is 0 Å². The maximum absolute atomic E-state index is 14.3. The number of phenols is 1. The number of benzene rings is 2. The van der Waals surface area contributed by atoms with Crippen molar-refractivity contribution in [3.05, 3.63) is 56.8 Å². The van der Waals surface area contributed by atoms with Crippen LogP contribution in [0.2, 0.25) is 10.0 Å². The molecule has 0 saturated carbocycles. The molecule has 1 aliphatic rings. The first-order chi connectivity index (χ1) is 11.5. The standard InChI is InChI=1S/C18H16Cl3FO2/c19-6-7-24-18-15(20)9-14-11(2-1-3-13(14)17(18)21)12-5-4-10(23)8-16(12)22/h4-5,8-9,11,23H,1-3,6-7H2. The third-order valence-corrected chi connectivity index (χ3v) is 5.12. The Bertz CT molecular complexity index is 764. The van der Waals surface area contributed by atoms with Gasteiger partial charge in [-0.25, -0.2) is 4.39 Å². The van der Waals surface area contributed by atoms with E-state index in [9.17, 15) is 9.50 Å². The Kier molecular flexibility index (Phi) is 5.43. The van der Waals surface area contributed by atoms with Crippen molar-refractivity contribution in [1.29, 1.82) is 0 Å². The van der Waals surface area contributed by atoms with E-state index in [1.54, 1.807) is 6.07 Å². The highest BCUT2D eigenvalue weighted by atomic mass is 35.5. The Morgan fingerprint density at radius 2 is 2.00 bits per heavy atom. The molecule has 1 atom stereocenters. The van der Waals surface area contributed by atoms with Crippen LogP contribution in [0.4, 0.5) is 4.39 Å². The monoisotopic (exact) mass is 388 g/mol. The summed E-state index contributed by atoms with van der Waals surface area (Å²) in [6.07, 6.45) is 2.47. The van der Waals surface area contributed by atoms with Crippen LogP contribution in [0.1, 0.15) is 35.4 Å². The van der Waals surface area contributed by atoms with E-state index in [4.69, 9.17) is 39.5 Å². The summed E-state index contributed by atoms with van der Waals surface area (Å²) in [6, 6.07) is 6.05.